The Bertz CT molecular complexity index is 558. The van der Waals surface area contributed by atoms with Crippen molar-refractivity contribution in [2.24, 2.45) is 5.73 Å². The van der Waals surface area contributed by atoms with Gasteiger partial charge in [0, 0.05) is 23.5 Å². The lowest BCUT2D eigenvalue weighted by Gasteiger charge is -2.41. The number of halogens is 1. The van der Waals surface area contributed by atoms with Crippen molar-refractivity contribution in [3.8, 4) is 0 Å². The second kappa shape index (κ2) is 6.32. The molecule has 0 spiro atoms. The predicted octanol–water partition coefficient (Wildman–Crippen LogP) is 2.30. The maximum atomic E-state index is 11.7. The second-order valence-corrected chi connectivity index (χ2v) is 9.34. The monoisotopic (exact) mass is 336 g/mol. The van der Waals surface area contributed by atoms with Crippen molar-refractivity contribution in [3.63, 3.8) is 0 Å². The van der Waals surface area contributed by atoms with Gasteiger partial charge in [0.1, 0.15) is 0 Å². The molecule has 1 aromatic heterocycles. The Hall–Kier alpha value is -0.140. The fraction of sp³-hybridized carbons (Fsp3) is 0.692. The van der Waals surface area contributed by atoms with Gasteiger partial charge in [0.2, 0.25) is 0 Å². The average molecular weight is 337 g/mol. The van der Waals surface area contributed by atoms with E-state index >= 15 is 0 Å². The highest BCUT2D eigenvalue weighted by Gasteiger charge is 2.36. The first-order chi connectivity index (χ1) is 9.34. The van der Waals surface area contributed by atoms with E-state index in [2.05, 4.69) is 11.8 Å². The van der Waals surface area contributed by atoms with Gasteiger partial charge in [-0.1, -0.05) is 18.5 Å². The lowest BCUT2D eigenvalue weighted by molar-refractivity contribution is 0.136. The number of hydrogen-bond acceptors (Lipinski definition) is 5. The molecule has 0 aromatic carbocycles. The molecular weight excluding hydrogens is 316 g/mol. The lowest BCUT2D eigenvalue weighted by Crippen LogP contribution is -2.52. The summed E-state index contributed by atoms with van der Waals surface area (Å²) in [5.74, 6) is 0.419. The molecular formula is C13H21ClN2O2S2. The van der Waals surface area contributed by atoms with Gasteiger partial charge >= 0.3 is 0 Å². The van der Waals surface area contributed by atoms with E-state index in [-0.39, 0.29) is 29.6 Å². The molecule has 2 rings (SSSR count). The highest BCUT2D eigenvalue weighted by Crippen LogP contribution is 2.35. The fourth-order valence-electron chi connectivity index (χ4n) is 2.76. The van der Waals surface area contributed by atoms with Crippen molar-refractivity contribution >= 4 is 32.8 Å². The minimum Gasteiger partial charge on any atom is -0.326 e. The number of rotatable bonds is 4. The number of nitrogens with two attached hydrogens (primary N) is 1. The molecule has 3 atom stereocenters. The maximum absolute atomic E-state index is 11.7. The molecule has 0 bridgehead atoms. The number of sulfone groups is 1. The zero-order valence-electron chi connectivity index (χ0n) is 11.8. The van der Waals surface area contributed by atoms with Crippen molar-refractivity contribution in [3.05, 3.63) is 21.3 Å². The molecule has 0 radical (unpaired) electrons. The van der Waals surface area contributed by atoms with Gasteiger partial charge in [-0.2, -0.15) is 0 Å². The van der Waals surface area contributed by atoms with E-state index in [0.29, 0.717) is 6.54 Å². The molecule has 20 heavy (non-hydrogen) atoms. The van der Waals surface area contributed by atoms with Crippen molar-refractivity contribution in [2.75, 3.05) is 18.1 Å². The Morgan fingerprint density at radius 2 is 2.25 bits per heavy atom. The SMILES string of the molecule is CCC(N)C(c1ccc(Cl)s1)N1CCS(=O)(=O)CC1C. The van der Waals surface area contributed by atoms with Gasteiger partial charge < -0.3 is 5.73 Å². The van der Waals surface area contributed by atoms with Gasteiger partial charge in [-0.25, -0.2) is 8.42 Å². The van der Waals surface area contributed by atoms with Gasteiger partial charge in [-0.3, -0.25) is 4.90 Å². The van der Waals surface area contributed by atoms with Crippen LogP contribution in [-0.2, 0) is 9.84 Å². The van der Waals surface area contributed by atoms with Crippen molar-refractivity contribution in [1.29, 1.82) is 0 Å². The largest absolute Gasteiger partial charge is 0.326 e. The topological polar surface area (TPSA) is 63.4 Å². The van der Waals surface area contributed by atoms with Gasteiger partial charge in [0.05, 0.1) is 21.9 Å². The first-order valence-corrected chi connectivity index (χ1v) is 9.82. The summed E-state index contributed by atoms with van der Waals surface area (Å²) >= 11 is 7.57. The van der Waals surface area contributed by atoms with E-state index in [1.807, 2.05) is 19.1 Å². The minimum absolute atomic E-state index is 0.0165. The van der Waals surface area contributed by atoms with Crippen LogP contribution in [0.5, 0.6) is 0 Å². The van der Waals surface area contributed by atoms with Gasteiger partial charge in [-0.05, 0) is 25.5 Å². The molecule has 2 heterocycles. The van der Waals surface area contributed by atoms with Crippen LogP contribution >= 0.6 is 22.9 Å². The van der Waals surface area contributed by atoms with Gasteiger partial charge in [0.25, 0.3) is 0 Å². The van der Waals surface area contributed by atoms with Crippen LogP contribution in [0.2, 0.25) is 4.34 Å². The van der Waals surface area contributed by atoms with Crippen LogP contribution in [-0.4, -0.2) is 43.5 Å². The number of thiophene rings is 1. The molecule has 0 aliphatic carbocycles. The van der Waals surface area contributed by atoms with Crippen LogP contribution in [0.15, 0.2) is 12.1 Å². The van der Waals surface area contributed by atoms with Crippen LogP contribution in [0, 0.1) is 0 Å². The van der Waals surface area contributed by atoms with E-state index in [9.17, 15) is 8.42 Å². The summed E-state index contributed by atoms with van der Waals surface area (Å²) in [6, 6.07) is 3.89. The number of nitrogens with zero attached hydrogens (tertiary/aromatic N) is 1. The fourth-order valence-corrected chi connectivity index (χ4v) is 5.60. The van der Waals surface area contributed by atoms with Gasteiger partial charge in [0.15, 0.2) is 9.84 Å². The first-order valence-electron chi connectivity index (χ1n) is 6.81. The molecule has 1 aliphatic rings. The zero-order valence-corrected chi connectivity index (χ0v) is 14.1. The molecule has 3 unspecified atom stereocenters. The summed E-state index contributed by atoms with van der Waals surface area (Å²) in [6.45, 7) is 4.55. The lowest BCUT2D eigenvalue weighted by atomic mass is 10.0. The van der Waals surface area contributed by atoms with Crippen molar-refractivity contribution < 1.29 is 8.42 Å². The molecule has 1 fully saturated rings. The molecule has 1 aliphatic heterocycles. The molecule has 0 saturated carbocycles. The Labute approximate surface area is 129 Å². The minimum atomic E-state index is -2.91. The Balaban J connectivity index is 2.28. The standard InChI is InChI=1S/C13H21ClN2O2S2/c1-3-10(15)13(11-4-5-12(14)19-11)16-6-7-20(17,18)8-9(16)2/h4-5,9-10,13H,3,6-8,15H2,1-2H3. The van der Waals surface area contributed by atoms with Crippen LogP contribution < -0.4 is 5.73 Å². The van der Waals surface area contributed by atoms with E-state index in [0.717, 1.165) is 15.6 Å². The Kier molecular flexibility index (Phi) is 5.13. The predicted molar refractivity (Wildman–Crippen MR) is 85.2 cm³/mol. The quantitative estimate of drug-likeness (QED) is 0.916. The molecule has 114 valence electrons. The van der Waals surface area contributed by atoms with E-state index < -0.39 is 9.84 Å². The van der Waals surface area contributed by atoms with E-state index in [4.69, 9.17) is 17.3 Å². The van der Waals surface area contributed by atoms with Crippen LogP contribution in [0.25, 0.3) is 0 Å². The summed E-state index contributed by atoms with van der Waals surface area (Å²) in [7, 11) is -2.91. The summed E-state index contributed by atoms with van der Waals surface area (Å²) in [6.07, 6.45) is 0.843. The van der Waals surface area contributed by atoms with E-state index in [1.165, 1.54) is 11.3 Å². The normalized spacial score (nSPS) is 26.3. The van der Waals surface area contributed by atoms with Crippen LogP contribution in [0.3, 0.4) is 0 Å². The van der Waals surface area contributed by atoms with Crippen molar-refractivity contribution in [1.82, 2.24) is 4.90 Å². The zero-order chi connectivity index (χ0) is 14.9. The van der Waals surface area contributed by atoms with Crippen molar-refractivity contribution in [2.45, 2.75) is 38.4 Å². The average Bonchev–Trinajstić information content (AvgIpc) is 2.77. The molecule has 7 heteroatoms. The third-order valence-corrected chi connectivity index (χ3v) is 6.94. The summed E-state index contributed by atoms with van der Waals surface area (Å²) in [5, 5.41) is 0. The third-order valence-electron chi connectivity index (χ3n) is 3.84. The second-order valence-electron chi connectivity index (χ2n) is 5.36. The van der Waals surface area contributed by atoms with Crippen LogP contribution in [0.4, 0.5) is 0 Å². The molecule has 2 N–H and O–H groups in total. The van der Waals surface area contributed by atoms with E-state index in [1.54, 1.807) is 0 Å². The van der Waals surface area contributed by atoms with Gasteiger partial charge in [-0.15, -0.1) is 11.3 Å². The Morgan fingerprint density at radius 3 is 2.75 bits per heavy atom. The highest BCUT2D eigenvalue weighted by molar-refractivity contribution is 7.91. The third kappa shape index (κ3) is 3.54. The Morgan fingerprint density at radius 1 is 1.55 bits per heavy atom. The summed E-state index contributed by atoms with van der Waals surface area (Å²) in [4.78, 5) is 3.34. The number of hydrogen-bond donors (Lipinski definition) is 1. The first kappa shape index (κ1) is 16.2. The smallest absolute Gasteiger partial charge is 0.153 e. The molecule has 4 nitrogen and oxygen atoms in total. The summed E-state index contributed by atoms with van der Waals surface area (Å²) < 4.78 is 24.2. The summed E-state index contributed by atoms with van der Waals surface area (Å²) in [5.41, 5.74) is 6.29. The van der Waals surface area contributed by atoms with Crippen LogP contribution in [0.1, 0.15) is 31.2 Å². The highest BCUT2D eigenvalue weighted by atomic mass is 35.5. The maximum Gasteiger partial charge on any atom is 0.153 e. The molecule has 0 amide bonds. The molecule has 1 aromatic rings. The molecule has 1 saturated heterocycles.